The van der Waals surface area contributed by atoms with Crippen molar-refractivity contribution < 1.29 is 4.79 Å². The van der Waals surface area contributed by atoms with E-state index < -0.39 is 0 Å². The number of carbonyl (C=O) groups excluding carboxylic acids is 1. The standard InChI is InChI=1S/C20H20BrNO/c21-18-8-4-7-16-17(18)13-20(19(16)23)9-11-22(12-10-20)14-15-5-2-1-3-6-15/h1-8H,9-14H2. The molecule has 2 aliphatic rings. The number of Topliss-reactive ketones (excluding diaryl/α,β-unsaturated/α-hetero) is 1. The second-order valence-electron chi connectivity index (χ2n) is 6.81. The first-order valence-electron chi connectivity index (χ1n) is 8.26. The molecule has 0 N–H and O–H groups in total. The first-order chi connectivity index (χ1) is 11.2. The van der Waals surface area contributed by atoms with Crippen LogP contribution in [0.2, 0.25) is 0 Å². The molecular weight excluding hydrogens is 350 g/mol. The Kier molecular flexibility index (Phi) is 3.86. The Bertz CT molecular complexity index is 733. The maximum atomic E-state index is 13.0. The van der Waals surface area contributed by atoms with Gasteiger partial charge in [0.15, 0.2) is 5.78 Å². The minimum atomic E-state index is -0.153. The van der Waals surface area contributed by atoms with E-state index in [0.29, 0.717) is 5.78 Å². The van der Waals surface area contributed by atoms with Gasteiger partial charge in [-0.1, -0.05) is 58.4 Å². The minimum absolute atomic E-state index is 0.153. The van der Waals surface area contributed by atoms with Crippen molar-refractivity contribution in [2.45, 2.75) is 25.8 Å². The molecule has 4 rings (SSSR count). The van der Waals surface area contributed by atoms with Gasteiger partial charge in [-0.3, -0.25) is 9.69 Å². The lowest BCUT2D eigenvalue weighted by Gasteiger charge is -2.38. The molecule has 2 aromatic carbocycles. The molecule has 3 heteroatoms. The number of hydrogen-bond acceptors (Lipinski definition) is 2. The average molecular weight is 370 g/mol. The van der Waals surface area contributed by atoms with Crippen LogP contribution in [0.4, 0.5) is 0 Å². The molecule has 0 unspecified atom stereocenters. The first-order valence-corrected chi connectivity index (χ1v) is 9.06. The van der Waals surface area contributed by atoms with E-state index in [4.69, 9.17) is 0 Å². The number of carbonyl (C=O) groups is 1. The second kappa shape index (κ2) is 5.88. The van der Waals surface area contributed by atoms with E-state index in [2.05, 4.69) is 57.2 Å². The molecule has 0 bridgehead atoms. The van der Waals surface area contributed by atoms with Gasteiger partial charge >= 0.3 is 0 Å². The highest BCUT2D eigenvalue weighted by atomic mass is 79.9. The van der Waals surface area contributed by atoms with Crippen molar-refractivity contribution in [3.8, 4) is 0 Å². The summed E-state index contributed by atoms with van der Waals surface area (Å²) in [6.07, 6.45) is 2.85. The molecule has 1 heterocycles. The van der Waals surface area contributed by atoms with Crippen molar-refractivity contribution in [3.63, 3.8) is 0 Å². The summed E-state index contributed by atoms with van der Waals surface area (Å²) in [5, 5.41) is 0. The van der Waals surface area contributed by atoms with Gasteiger partial charge in [0.1, 0.15) is 0 Å². The normalized spacial score (nSPS) is 20.0. The van der Waals surface area contributed by atoms with E-state index >= 15 is 0 Å². The number of piperidine rings is 1. The van der Waals surface area contributed by atoms with Crippen LogP contribution >= 0.6 is 15.9 Å². The van der Waals surface area contributed by atoms with Crippen LogP contribution in [-0.2, 0) is 13.0 Å². The fourth-order valence-electron chi connectivity index (χ4n) is 4.04. The zero-order chi connectivity index (χ0) is 15.9. The fraction of sp³-hybridized carbons (Fsp3) is 0.350. The average Bonchev–Trinajstić information content (AvgIpc) is 2.85. The smallest absolute Gasteiger partial charge is 0.169 e. The van der Waals surface area contributed by atoms with Gasteiger partial charge < -0.3 is 0 Å². The molecule has 1 fully saturated rings. The van der Waals surface area contributed by atoms with E-state index in [1.165, 1.54) is 11.1 Å². The summed E-state index contributed by atoms with van der Waals surface area (Å²) in [5.74, 6) is 0.369. The van der Waals surface area contributed by atoms with Crippen LogP contribution < -0.4 is 0 Å². The molecule has 1 spiro atoms. The van der Waals surface area contributed by atoms with Crippen LogP contribution in [0.25, 0.3) is 0 Å². The Labute approximate surface area is 145 Å². The SMILES string of the molecule is O=C1c2cccc(Br)c2CC12CCN(Cc1ccccc1)CC2. The van der Waals surface area contributed by atoms with Crippen molar-refractivity contribution in [2.75, 3.05) is 13.1 Å². The molecule has 118 valence electrons. The zero-order valence-corrected chi connectivity index (χ0v) is 14.7. The third kappa shape index (κ3) is 2.66. The predicted octanol–water partition coefficient (Wildman–Crippen LogP) is 4.47. The Morgan fingerprint density at radius 3 is 2.43 bits per heavy atom. The number of benzene rings is 2. The van der Waals surface area contributed by atoms with Gasteiger partial charge in [-0.2, -0.15) is 0 Å². The maximum Gasteiger partial charge on any atom is 0.169 e. The molecule has 1 saturated heterocycles. The molecule has 2 aromatic rings. The molecule has 1 aliphatic carbocycles. The predicted molar refractivity (Wildman–Crippen MR) is 95.6 cm³/mol. The van der Waals surface area contributed by atoms with Gasteiger partial charge in [-0.05, 0) is 49.5 Å². The summed E-state index contributed by atoms with van der Waals surface area (Å²) in [6, 6.07) is 16.6. The summed E-state index contributed by atoms with van der Waals surface area (Å²) in [5.41, 5.74) is 3.36. The third-order valence-electron chi connectivity index (χ3n) is 5.42. The highest BCUT2D eigenvalue weighted by molar-refractivity contribution is 9.10. The first kappa shape index (κ1) is 15.1. The molecule has 0 atom stereocenters. The quantitative estimate of drug-likeness (QED) is 0.778. The number of hydrogen-bond donors (Lipinski definition) is 0. The molecule has 0 radical (unpaired) electrons. The maximum absolute atomic E-state index is 13.0. The summed E-state index contributed by atoms with van der Waals surface area (Å²) in [7, 11) is 0. The lowest BCUT2D eigenvalue weighted by molar-refractivity contribution is 0.0623. The van der Waals surface area contributed by atoms with Crippen LogP contribution in [0.15, 0.2) is 53.0 Å². The van der Waals surface area contributed by atoms with E-state index in [1.807, 2.05) is 12.1 Å². The lowest BCUT2D eigenvalue weighted by Crippen LogP contribution is -2.42. The van der Waals surface area contributed by atoms with Crippen LogP contribution in [0.1, 0.15) is 34.3 Å². The van der Waals surface area contributed by atoms with E-state index in [9.17, 15) is 4.79 Å². The number of nitrogens with zero attached hydrogens (tertiary/aromatic N) is 1. The van der Waals surface area contributed by atoms with Crippen LogP contribution in [0.5, 0.6) is 0 Å². The van der Waals surface area contributed by atoms with Gasteiger partial charge in [0, 0.05) is 22.0 Å². The van der Waals surface area contributed by atoms with Crippen molar-refractivity contribution in [3.05, 3.63) is 69.7 Å². The molecule has 2 nitrogen and oxygen atoms in total. The number of likely N-dealkylation sites (tertiary alicyclic amines) is 1. The van der Waals surface area contributed by atoms with Crippen molar-refractivity contribution in [1.29, 1.82) is 0 Å². The Morgan fingerprint density at radius 2 is 1.74 bits per heavy atom. The van der Waals surface area contributed by atoms with Crippen molar-refractivity contribution in [2.24, 2.45) is 5.41 Å². The number of fused-ring (bicyclic) bond motifs is 1. The van der Waals surface area contributed by atoms with E-state index in [0.717, 1.165) is 48.9 Å². The van der Waals surface area contributed by atoms with Gasteiger partial charge in [0.2, 0.25) is 0 Å². The van der Waals surface area contributed by atoms with E-state index in [-0.39, 0.29) is 5.41 Å². The third-order valence-corrected chi connectivity index (χ3v) is 6.17. The van der Waals surface area contributed by atoms with Gasteiger partial charge in [-0.15, -0.1) is 0 Å². The monoisotopic (exact) mass is 369 g/mol. The van der Waals surface area contributed by atoms with Gasteiger partial charge in [0.25, 0.3) is 0 Å². The summed E-state index contributed by atoms with van der Waals surface area (Å²) >= 11 is 3.62. The van der Waals surface area contributed by atoms with Gasteiger partial charge in [-0.25, -0.2) is 0 Å². The number of ketones is 1. The van der Waals surface area contributed by atoms with E-state index in [1.54, 1.807) is 0 Å². The molecule has 1 aliphatic heterocycles. The van der Waals surface area contributed by atoms with Gasteiger partial charge in [0.05, 0.1) is 0 Å². The fourth-order valence-corrected chi connectivity index (χ4v) is 4.55. The molecule has 0 amide bonds. The van der Waals surface area contributed by atoms with Crippen LogP contribution in [-0.4, -0.2) is 23.8 Å². The van der Waals surface area contributed by atoms with Crippen LogP contribution in [0.3, 0.4) is 0 Å². The summed E-state index contributed by atoms with van der Waals surface area (Å²) in [4.78, 5) is 15.4. The molecule has 0 aromatic heterocycles. The number of rotatable bonds is 2. The Balaban J connectivity index is 1.48. The molecule has 23 heavy (non-hydrogen) atoms. The largest absolute Gasteiger partial charge is 0.299 e. The van der Waals surface area contributed by atoms with Crippen molar-refractivity contribution >= 4 is 21.7 Å². The zero-order valence-electron chi connectivity index (χ0n) is 13.1. The highest BCUT2D eigenvalue weighted by Gasteiger charge is 2.47. The lowest BCUT2D eigenvalue weighted by atomic mass is 9.75. The minimum Gasteiger partial charge on any atom is -0.299 e. The van der Waals surface area contributed by atoms with Crippen molar-refractivity contribution in [1.82, 2.24) is 4.90 Å². The summed E-state index contributed by atoms with van der Waals surface area (Å²) in [6.45, 7) is 3.00. The molecule has 0 saturated carbocycles. The topological polar surface area (TPSA) is 20.3 Å². The molecular formula is C20H20BrNO. The Morgan fingerprint density at radius 1 is 1.00 bits per heavy atom. The highest BCUT2D eigenvalue weighted by Crippen LogP contribution is 2.46. The summed E-state index contributed by atoms with van der Waals surface area (Å²) < 4.78 is 1.09. The number of halogens is 1. The second-order valence-corrected chi connectivity index (χ2v) is 7.67. The Hall–Kier alpha value is -1.45. The van der Waals surface area contributed by atoms with Crippen LogP contribution in [0, 0.1) is 5.41 Å².